The van der Waals surface area contributed by atoms with E-state index >= 15 is 0 Å². The number of aliphatic carboxylic acids is 1. The van der Waals surface area contributed by atoms with Crippen LogP contribution in [0.1, 0.15) is 11.1 Å². The van der Waals surface area contributed by atoms with E-state index in [0.29, 0.717) is 15.7 Å². The molecule has 7 nitrogen and oxygen atoms in total. The zero-order valence-corrected chi connectivity index (χ0v) is 15.7. The van der Waals surface area contributed by atoms with Gasteiger partial charge < -0.3 is 14.6 Å². The quantitative estimate of drug-likeness (QED) is 0.355. The number of carbonyl (C=O) groups excluding carboxylic acids is 1. The highest BCUT2D eigenvalue weighted by Gasteiger charge is 2.06. The first-order valence-electron chi connectivity index (χ1n) is 7.93. The number of aromatic nitrogens is 3. The number of carboxylic acid groups (broad SMARTS) is 1. The molecule has 1 heterocycles. The lowest BCUT2D eigenvalue weighted by atomic mass is 10.2. The Balaban J connectivity index is 1.67. The Morgan fingerprint density at radius 3 is 2.70 bits per heavy atom. The summed E-state index contributed by atoms with van der Waals surface area (Å²) in [6.45, 7) is -0.486. The number of thioether (sulfide) groups is 1. The molecule has 2 aromatic carbocycles. The predicted octanol–water partition coefficient (Wildman–Crippen LogP) is 2.24. The van der Waals surface area contributed by atoms with E-state index in [4.69, 9.17) is 17.0 Å². The summed E-state index contributed by atoms with van der Waals surface area (Å²) >= 11 is 6.76. The van der Waals surface area contributed by atoms with Gasteiger partial charge in [-0.1, -0.05) is 42.1 Å². The van der Waals surface area contributed by atoms with Crippen LogP contribution in [0.4, 0.5) is 0 Å². The number of hydrogen-bond donors (Lipinski definition) is 1. The number of ether oxygens (including phenoxy) is 1. The van der Waals surface area contributed by atoms with Crippen molar-refractivity contribution in [1.82, 2.24) is 14.9 Å². The van der Waals surface area contributed by atoms with E-state index in [9.17, 15) is 9.90 Å². The van der Waals surface area contributed by atoms with E-state index in [0.717, 1.165) is 11.3 Å². The van der Waals surface area contributed by atoms with Crippen molar-refractivity contribution in [2.75, 3.05) is 6.61 Å². The van der Waals surface area contributed by atoms with E-state index in [2.05, 4.69) is 15.3 Å². The number of aromatic amines is 1. The minimum absolute atomic E-state index is 0.399. The van der Waals surface area contributed by atoms with Gasteiger partial charge in [-0.2, -0.15) is 9.78 Å². The lowest BCUT2D eigenvalue weighted by Gasteiger charge is -2.06. The normalized spacial score (nSPS) is 11.0. The van der Waals surface area contributed by atoms with Crippen molar-refractivity contribution in [1.29, 1.82) is 0 Å². The van der Waals surface area contributed by atoms with Crippen LogP contribution in [0.5, 0.6) is 5.75 Å². The van der Waals surface area contributed by atoms with Gasteiger partial charge in [-0.25, -0.2) is 5.10 Å². The number of nitrogens with zero attached hydrogens (tertiary/aromatic N) is 3. The zero-order valence-electron chi connectivity index (χ0n) is 14.1. The fourth-order valence-corrected chi connectivity index (χ4v) is 3.21. The summed E-state index contributed by atoms with van der Waals surface area (Å²) in [7, 11) is 0. The molecule has 0 unspecified atom stereocenters. The lowest BCUT2D eigenvalue weighted by Crippen LogP contribution is -2.28. The van der Waals surface area contributed by atoms with Crippen molar-refractivity contribution in [3.8, 4) is 5.75 Å². The van der Waals surface area contributed by atoms with Crippen molar-refractivity contribution in [2.45, 2.75) is 10.9 Å². The summed E-state index contributed by atoms with van der Waals surface area (Å²) < 4.78 is 7.00. The molecule has 138 valence electrons. The Morgan fingerprint density at radius 2 is 2.00 bits per heavy atom. The van der Waals surface area contributed by atoms with Gasteiger partial charge in [-0.3, -0.25) is 0 Å². The maximum absolute atomic E-state index is 10.4. The number of rotatable bonds is 8. The highest BCUT2D eigenvalue weighted by molar-refractivity contribution is 7.98. The summed E-state index contributed by atoms with van der Waals surface area (Å²) in [5.74, 6) is -0.0774. The smallest absolute Gasteiger partial charge is 0.217 e. The molecule has 0 amide bonds. The SMILES string of the molecule is O=C([O-])COc1ccc(/C=N\n2c(SCc3ccccc3)n[nH]c2=S)cc1. The molecule has 3 rings (SSSR count). The fourth-order valence-electron chi connectivity index (χ4n) is 2.11. The van der Waals surface area contributed by atoms with E-state index < -0.39 is 12.6 Å². The molecule has 0 aliphatic rings. The second-order valence-electron chi connectivity index (χ2n) is 5.37. The molecular formula is C18H15N4O3S2-. The van der Waals surface area contributed by atoms with Crippen LogP contribution >= 0.6 is 24.0 Å². The van der Waals surface area contributed by atoms with Crippen molar-refractivity contribution < 1.29 is 14.6 Å². The van der Waals surface area contributed by atoms with Gasteiger partial charge in [0.15, 0.2) is 0 Å². The minimum atomic E-state index is -1.27. The molecule has 0 atom stereocenters. The number of H-pyrrole nitrogens is 1. The average molecular weight is 399 g/mol. The average Bonchev–Trinajstić information content (AvgIpc) is 3.04. The molecule has 0 saturated carbocycles. The number of carboxylic acids is 1. The minimum Gasteiger partial charge on any atom is -0.546 e. The monoisotopic (exact) mass is 399 g/mol. The van der Waals surface area contributed by atoms with Crippen molar-refractivity contribution in [3.05, 3.63) is 70.5 Å². The van der Waals surface area contributed by atoms with Crippen LogP contribution in [-0.4, -0.2) is 33.7 Å². The Morgan fingerprint density at radius 1 is 1.26 bits per heavy atom. The van der Waals surface area contributed by atoms with Crippen LogP contribution in [0.25, 0.3) is 0 Å². The molecule has 0 spiro atoms. The molecular weight excluding hydrogens is 384 g/mol. The fraction of sp³-hybridized carbons (Fsp3) is 0.111. The molecule has 0 aliphatic heterocycles. The molecule has 0 saturated heterocycles. The van der Waals surface area contributed by atoms with Gasteiger partial charge in [0.1, 0.15) is 12.4 Å². The molecule has 1 aromatic heterocycles. The van der Waals surface area contributed by atoms with Gasteiger partial charge in [0.05, 0.1) is 12.2 Å². The van der Waals surface area contributed by atoms with Gasteiger partial charge in [-0.15, -0.1) is 5.10 Å². The lowest BCUT2D eigenvalue weighted by molar-refractivity contribution is -0.307. The highest BCUT2D eigenvalue weighted by Crippen LogP contribution is 2.21. The van der Waals surface area contributed by atoms with Gasteiger partial charge in [0, 0.05) is 5.75 Å². The second-order valence-corrected chi connectivity index (χ2v) is 6.70. The first-order valence-corrected chi connectivity index (χ1v) is 9.32. The van der Waals surface area contributed by atoms with Gasteiger partial charge in [0.2, 0.25) is 9.93 Å². The first-order chi connectivity index (χ1) is 13.1. The molecule has 0 aliphatic carbocycles. The van der Waals surface area contributed by atoms with E-state index in [1.165, 1.54) is 17.3 Å². The third kappa shape index (κ3) is 5.53. The van der Waals surface area contributed by atoms with Gasteiger partial charge >= 0.3 is 0 Å². The van der Waals surface area contributed by atoms with Crippen LogP contribution in [0, 0.1) is 4.77 Å². The van der Waals surface area contributed by atoms with Crippen molar-refractivity contribution >= 4 is 36.2 Å². The van der Waals surface area contributed by atoms with E-state index in [1.807, 2.05) is 30.3 Å². The Labute approximate surface area is 164 Å². The van der Waals surface area contributed by atoms with Crippen LogP contribution in [0.3, 0.4) is 0 Å². The molecule has 3 aromatic rings. The highest BCUT2D eigenvalue weighted by atomic mass is 32.2. The third-order valence-electron chi connectivity index (χ3n) is 3.39. The number of benzene rings is 2. The standard InChI is InChI=1S/C18H16N4O3S2/c23-16(24)11-25-15-8-6-13(7-9-15)10-19-22-17(26)20-21-18(22)27-12-14-4-2-1-3-5-14/h1-10H,11-12H2,(H,20,26)(H,23,24)/p-1/b19-10-. The zero-order chi connectivity index (χ0) is 19.1. The van der Waals surface area contributed by atoms with Gasteiger partial charge in [-0.05, 0) is 47.6 Å². The Hall–Kier alpha value is -2.91. The Kier molecular flexibility index (Phi) is 6.39. The molecule has 9 heteroatoms. The largest absolute Gasteiger partial charge is 0.546 e. The maximum atomic E-state index is 10.4. The maximum Gasteiger partial charge on any atom is 0.217 e. The third-order valence-corrected chi connectivity index (χ3v) is 4.65. The molecule has 1 N–H and O–H groups in total. The van der Waals surface area contributed by atoms with E-state index in [1.54, 1.807) is 35.2 Å². The molecule has 0 fully saturated rings. The summed E-state index contributed by atoms with van der Waals surface area (Å²) in [6.07, 6.45) is 1.64. The first kappa shape index (κ1) is 18.9. The number of hydrogen-bond acceptors (Lipinski definition) is 7. The summed E-state index contributed by atoms with van der Waals surface area (Å²) in [4.78, 5) is 10.4. The van der Waals surface area contributed by atoms with E-state index in [-0.39, 0.29) is 0 Å². The predicted molar refractivity (Wildman–Crippen MR) is 103 cm³/mol. The summed E-state index contributed by atoms with van der Waals surface area (Å²) in [6, 6.07) is 16.9. The molecule has 27 heavy (non-hydrogen) atoms. The Bertz CT molecular complexity index is 982. The van der Waals surface area contributed by atoms with Crippen LogP contribution < -0.4 is 9.84 Å². The summed E-state index contributed by atoms with van der Waals surface area (Å²) in [5.41, 5.74) is 1.98. The van der Waals surface area contributed by atoms with Crippen LogP contribution in [-0.2, 0) is 10.5 Å². The van der Waals surface area contributed by atoms with Crippen molar-refractivity contribution in [3.63, 3.8) is 0 Å². The number of nitrogens with one attached hydrogen (secondary N) is 1. The second kappa shape index (κ2) is 9.15. The topological polar surface area (TPSA) is 95.3 Å². The molecule has 0 bridgehead atoms. The van der Waals surface area contributed by atoms with Gasteiger partial charge in [0.25, 0.3) is 0 Å². The molecule has 0 radical (unpaired) electrons. The van der Waals surface area contributed by atoms with Crippen LogP contribution in [0.2, 0.25) is 0 Å². The van der Waals surface area contributed by atoms with Crippen molar-refractivity contribution in [2.24, 2.45) is 5.10 Å². The number of carbonyl (C=O) groups is 1. The van der Waals surface area contributed by atoms with Crippen LogP contribution in [0.15, 0.2) is 64.9 Å². The summed E-state index contributed by atoms with van der Waals surface area (Å²) in [5, 5.41) is 22.4.